The molecule has 0 saturated heterocycles. The van der Waals surface area contributed by atoms with Crippen LogP contribution in [0.2, 0.25) is 0 Å². The van der Waals surface area contributed by atoms with Gasteiger partial charge in [-0.25, -0.2) is 0 Å². The van der Waals surface area contributed by atoms with Gasteiger partial charge >= 0.3 is 0 Å². The van der Waals surface area contributed by atoms with Crippen LogP contribution in [0.25, 0.3) is 0 Å². The lowest BCUT2D eigenvalue weighted by Crippen LogP contribution is -2.08. The number of anilines is 1. The zero-order chi connectivity index (χ0) is 9.68. The van der Waals surface area contributed by atoms with Gasteiger partial charge in [-0.15, -0.1) is 0 Å². The molecule has 0 aliphatic heterocycles. The van der Waals surface area contributed by atoms with Crippen LogP contribution in [0.3, 0.4) is 0 Å². The molecule has 0 aromatic heterocycles. The van der Waals surface area contributed by atoms with Crippen molar-refractivity contribution in [3.8, 4) is 0 Å². The molecule has 0 bridgehead atoms. The standard InChI is InChI=1S/C10H15NO2/c1-11-10-4-2-8(3-5-10)9(6-12)7-13/h2-5,9,11-13H,6-7H2,1H3. The molecule has 0 unspecified atom stereocenters. The molecule has 0 atom stereocenters. The van der Waals surface area contributed by atoms with Gasteiger partial charge in [-0.3, -0.25) is 0 Å². The summed E-state index contributed by atoms with van der Waals surface area (Å²) in [5.41, 5.74) is 1.99. The van der Waals surface area contributed by atoms with E-state index >= 15 is 0 Å². The van der Waals surface area contributed by atoms with Crippen molar-refractivity contribution < 1.29 is 10.2 Å². The molecule has 0 heterocycles. The Balaban J connectivity index is 2.78. The van der Waals surface area contributed by atoms with Crippen molar-refractivity contribution >= 4 is 5.69 Å². The fraction of sp³-hybridized carbons (Fsp3) is 0.400. The molecule has 0 amide bonds. The molecule has 0 radical (unpaired) electrons. The molecule has 1 rings (SSSR count). The number of nitrogens with one attached hydrogen (secondary N) is 1. The average Bonchev–Trinajstić information content (AvgIpc) is 2.21. The highest BCUT2D eigenvalue weighted by molar-refractivity contribution is 5.44. The van der Waals surface area contributed by atoms with E-state index < -0.39 is 0 Å². The maximum atomic E-state index is 8.93. The minimum atomic E-state index is -0.161. The molecular weight excluding hydrogens is 166 g/mol. The molecule has 1 aromatic rings. The molecule has 1 aromatic carbocycles. The van der Waals surface area contributed by atoms with Gasteiger partial charge in [0.1, 0.15) is 0 Å². The Morgan fingerprint density at radius 2 is 1.69 bits per heavy atom. The van der Waals surface area contributed by atoms with E-state index in [9.17, 15) is 0 Å². The van der Waals surface area contributed by atoms with Gasteiger partial charge in [0.15, 0.2) is 0 Å². The number of aliphatic hydroxyl groups excluding tert-OH is 2. The predicted octanol–water partition coefficient (Wildman–Crippen LogP) is 0.796. The normalized spacial score (nSPS) is 10.5. The first kappa shape index (κ1) is 10.0. The molecular formula is C10H15NO2. The fourth-order valence-corrected chi connectivity index (χ4v) is 1.19. The van der Waals surface area contributed by atoms with Crippen molar-refractivity contribution in [3.05, 3.63) is 29.8 Å². The zero-order valence-corrected chi connectivity index (χ0v) is 7.70. The third-order valence-corrected chi connectivity index (χ3v) is 2.11. The lowest BCUT2D eigenvalue weighted by molar-refractivity contribution is 0.192. The van der Waals surface area contributed by atoms with E-state index in [1.165, 1.54) is 0 Å². The third kappa shape index (κ3) is 2.44. The van der Waals surface area contributed by atoms with Crippen LogP contribution in [0.15, 0.2) is 24.3 Å². The molecule has 0 aliphatic carbocycles. The monoisotopic (exact) mass is 181 g/mol. The molecule has 0 spiro atoms. The Bertz CT molecular complexity index is 242. The SMILES string of the molecule is CNc1ccc(C(CO)CO)cc1. The van der Waals surface area contributed by atoms with Crippen LogP contribution in [-0.4, -0.2) is 30.5 Å². The summed E-state index contributed by atoms with van der Waals surface area (Å²) in [7, 11) is 1.85. The first-order chi connectivity index (χ1) is 6.31. The molecule has 3 nitrogen and oxygen atoms in total. The minimum Gasteiger partial charge on any atom is -0.396 e. The third-order valence-electron chi connectivity index (χ3n) is 2.11. The summed E-state index contributed by atoms with van der Waals surface area (Å²) in [6.07, 6.45) is 0. The lowest BCUT2D eigenvalue weighted by Gasteiger charge is -2.11. The van der Waals surface area contributed by atoms with E-state index in [0.717, 1.165) is 11.3 Å². The first-order valence-corrected chi connectivity index (χ1v) is 4.31. The second kappa shape index (κ2) is 4.84. The summed E-state index contributed by atoms with van der Waals surface area (Å²) in [6.45, 7) is -0.0369. The number of aliphatic hydroxyl groups is 2. The predicted molar refractivity (Wildman–Crippen MR) is 52.9 cm³/mol. The van der Waals surface area contributed by atoms with Crippen LogP contribution in [0.4, 0.5) is 5.69 Å². The van der Waals surface area contributed by atoms with Gasteiger partial charge in [-0.1, -0.05) is 12.1 Å². The minimum absolute atomic E-state index is 0.0185. The number of benzene rings is 1. The van der Waals surface area contributed by atoms with Crippen molar-refractivity contribution in [2.75, 3.05) is 25.6 Å². The van der Waals surface area contributed by atoms with Gasteiger partial charge in [0.25, 0.3) is 0 Å². The average molecular weight is 181 g/mol. The Labute approximate surface area is 78.0 Å². The van der Waals surface area contributed by atoms with E-state index in [1.807, 2.05) is 31.3 Å². The van der Waals surface area contributed by atoms with Gasteiger partial charge in [0.2, 0.25) is 0 Å². The van der Waals surface area contributed by atoms with Crippen LogP contribution in [0, 0.1) is 0 Å². The van der Waals surface area contributed by atoms with Crippen LogP contribution in [-0.2, 0) is 0 Å². The van der Waals surface area contributed by atoms with Gasteiger partial charge in [0, 0.05) is 18.7 Å². The Morgan fingerprint density at radius 3 is 2.08 bits per heavy atom. The van der Waals surface area contributed by atoms with Gasteiger partial charge < -0.3 is 15.5 Å². The second-order valence-corrected chi connectivity index (χ2v) is 2.93. The fourth-order valence-electron chi connectivity index (χ4n) is 1.19. The maximum Gasteiger partial charge on any atom is 0.0521 e. The first-order valence-electron chi connectivity index (χ1n) is 4.31. The number of rotatable bonds is 4. The van der Waals surface area contributed by atoms with Crippen LogP contribution in [0.5, 0.6) is 0 Å². The maximum absolute atomic E-state index is 8.93. The highest BCUT2D eigenvalue weighted by Gasteiger charge is 2.07. The van der Waals surface area contributed by atoms with Crippen molar-refractivity contribution in [2.45, 2.75) is 5.92 Å². The Hall–Kier alpha value is -1.06. The van der Waals surface area contributed by atoms with E-state index in [1.54, 1.807) is 0 Å². The summed E-state index contributed by atoms with van der Waals surface area (Å²) in [4.78, 5) is 0. The highest BCUT2D eigenvalue weighted by atomic mass is 16.3. The van der Waals surface area contributed by atoms with E-state index in [-0.39, 0.29) is 19.1 Å². The van der Waals surface area contributed by atoms with E-state index in [4.69, 9.17) is 10.2 Å². The quantitative estimate of drug-likeness (QED) is 0.644. The smallest absolute Gasteiger partial charge is 0.0521 e. The number of hydrogen-bond acceptors (Lipinski definition) is 3. The van der Waals surface area contributed by atoms with Crippen LogP contribution < -0.4 is 5.32 Å². The molecule has 13 heavy (non-hydrogen) atoms. The Kier molecular flexibility index (Phi) is 3.73. The molecule has 0 fully saturated rings. The summed E-state index contributed by atoms with van der Waals surface area (Å²) in [5.74, 6) is -0.161. The summed E-state index contributed by atoms with van der Waals surface area (Å²) >= 11 is 0. The van der Waals surface area contributed by atoms with E-state index in [0.29, 0.717) is 0 Å². The van der Waals surface area contributed by atoms with Crippen molar-refractivity contribution in [1.82, 2.24) is 0 Å². The summed E-state index contributed by atoms with van der Waals surface area (Å²) in [5, 5.41) is 20.9. The molecule has 0 aliphatic rings. The highest BCUT2D eigenvalue weighted by Crippen LogP contribution is 2.17. The number of hydrogen-bond donors (Lipinski definition) is 3. The summed E-state index contributed by atoms with van der Waals surface area (Å²) in [6, 6.07) is 7.66. The van der Waals surface area contributed by atoms with Gasteiger partial charge in [-0.05, 0) is 17.7 Å². The molecule has 72 valence electrons. The van der Waals surface area contributed by atoms with Crippen molar-refractivity contribution in [2.24, 2.45) is 0 Å². The van der Waals surface area contributed by atoms with Crippen LogP contribution in [0.1, 0.15) is 11.5 Å². The van der Waals surface area contributed by atoms with Gasteiger partial charge in [0.05, 0.1) is 13.2 Å². The summed E-state index contributed by atoms with van der Waals surface area (Å²) < 4.78 is 0. The van der Waals surface area contributed by atoms with Crippen molar-refractivity contribution in [1.29, 1.82) is 0 Å². The topological polar surface area (TPSA) is 52.5 Å². The molecule has 3 N–H and O–H groups in total. The van der Waals surface area contributed by atoms with Crippen LogP contribution >= 0.6 is 0 Å². The zero-order valence-electron chi connectivity index (χ0n) is 7.70. The molecule has 3 heteroatoms. The van der Waals surface area contributed by atoms with Crippen molar-refractivity contribution in [3.63, 3.8) is 0 Å². The largest absolute Gasteiger partial charge is 0.396 e. The van der Waals surface area contributed by atoms with Gasteiger partial charge in [-0.2, -0.15) is 0 Å². The lowest BCUT2D eigenvalue weighted by atomic mass is 10.0. The second-order valence-electron chi connectivity index (χ2n) is 2.93. The molecule has 0 saturated carbocycles. The Morgan fingerprint density at radius 1 is 1.15 bits per heavy atom. The van der Waals surface area contributed by atoms with E-state index in [2.05, 4.69) is 5.32 Å².